The Morgan fingerprint density at radius 1 is 1.39 bits per heavy atom. The molecule has 1 aromatic carbocycles. The molecule has 9 heteroatoms. The van der Waals surface area contributed by atoms with Crippen molar-refractivity contribution in [2.75, 3.05) is 0 Å². The molecule has 4 aromatic rings. The van der Waals surface area contributed by atoms with Crippen LogP contribution in [0.15, 0.2) is 30.6 Å². The molecule has 0 radical (unpaired) electrons. The van der Waals surface area contributed by atoms with Crippen molar-refractivity contribution in [2.45, 2.75) is 24.9 Å². The zero-order chi connectivity index (χ0) is 19.4. The molecule has 0 unspecified atom stereocenters. The number of H-pyrrole nitrogens is 1. The molecule has 3 heterocycles. The SMILES string of the molecule is Cn1nc(-c2cnc3[nH]cc(C(=O)NC4CC(N)C4)c3n2)c2ccc(F)cc21. The van der Waals surface area contributed by atoms with Crippen molar-refractivity contribution in [1.29, 1.82) is 0 Å². The van der Waals surface area contributed by atoms with E-state index in [1.165, 1.54) is 12.1 Å². The van der Waals surface area contributed by atoms with Gasteiger partial charge in [-0.05, 0) is 31.0 Å². The standard InChI is InChI=1S/C19H18FN7O/c1-27-15-4-9(20)2-3-12(15)16(26-27)14-8-23-18-17(25-14)13(7-22-18)19(28)24-11-5-10(21)6-11/h2-4,7-8,10-11H,5-6,21H2,1H3,(H,22,23)(H,24,28). The molecule has 0 saturated heterocycles. The van der Waals surface area contributed by atoms with E-state index in [4.69, 9.17) is 5.73 Å². The van der Waals surface area contributed by atoms with Crippen LogP contribution in [0, 0.1) is 5.82 Å². The maximum atomic E-state index is 13.6. The lowest BCUT2D eigenvalue weighted by atomic mass is 9.87. The van der Waals surface area contributed by atoms with Gasteiger partial charge in [0, 0.05) is 30.7 Å². The number of aromatic nitrogens is 5. The number of carbonyl (C=O) groups excluding carboxylic acids is 1. The third-order valence-corrected chi connectivity index (χ3v) is 5.19. The molecular weight excluding hydrogens is 361 g/mol. The molecule has 0 atom stereocenters. The molecular formula is C19H18FN7O. The summed E-state index contributed by atoms with van der Waals surface area (Å²) < 4.78 is 15.2. The molecule has 1 fully saturated rings. The summed E-state index contributed by atoms with van der Waals surface area (Å²) in [6.07, 6.45) is 4.76. The van der Waals surface area contributed by atoms with Crippen molar-refractivity contribution in [3.63, 3.8) is 0 Å². The minimum atomic E-state index is -0.330. The highest BCUT2D eigenvalue weighted by Gasteiger charge is 2.28. The molecule has 1 aliphatic rings. The number of carbonyl (C=O) groups is 1. The average Bonchev–Trinajstić information content (AvgIpc) is 3.21. The zero-order valence-corrected chi connectivity index (χ0v) is 15.1. The number of amides is 1. The van der Waals surface area contributed by atoms with E-state index in [1.54, 1.807) is 30.2 Å². The fraction of sp³-hybridized carbons (Fsp3) is 0.263. The summed E-state index contributed by atoms with van der Waals surface area (Å²) in [5.74, 6) is -0.536. The first kappa shape index (κ1) is 16.8. The molecule has 0 spiro atoms. The van der Waals surface area contributed by atoms with E-state index < -0.39 is 0 Å². The Hall–Kier alpha value is -3.33. The second kappa shape index (κ2) is 6.10. The summed E-state index contributed by atoms with van der Waals surface area (Å²) in [5, 5.41) is 8.21. The maximum absolute atomic E-state index is 13.6. The number of hydrogen-bond donors (Lipinski definition) is 3. The highest BCUT2D eigenvalue weighted by Crippen LogP contribution is 2.28. The molecule has 1 saturated carbocycles. The molecule has 0 aliphatic heterocycles. The third kappa shape index (κ3) is 2.63. The Morgan fingerprint density at radius 3 is 3.00 bits per heavy atom. The summed E-state index contributed by atoms with van der Waals surface area (Å²) >= 11 is 0. The van der Waals surface area contributed by atoms with Crippen LogP contribution in [0.2, 0.25) is 0 Å². The van der Waals surface area contributed by atoms with E-state index in [-0.39, 0.29) is 23.8 Å². The molecule has 1 amide bonds. The summed E-state index contributed by atoms with van der Waals surface area (Å²) in [7, 11) is 1.75. The van der Waals surface area contributed by atoms with Crippen LogP contribution >= 0.6 is 0 Å². The molecule has 8 nitrogen and oxygen atoms in total. The molecule has 1 aliphatic carbocycles. The first-order valence-corrected chi connectivity index (χ1v) is 9.03. The fourth-order valence-electron chi connectivity index (χ4n) is 3.64. The maximum Gasteiger partial charge on any atom is 0.255 e. The van der Waals surface area contributed by atoms with E-state index in [9.17, 15) is 9.18 Å². The van der Waals surface area contributed by atoms with Crippen LogP contribution in [0.25, 0.3) is 33.5 Å². The number of rotatable bonds is 3. The number of aryl methyl sites for hydroxylation is 1. The lowest BCUT2D eigenvalue weighted by molar-refractivity contribution is 0.0912. The van der Waals surface area contributed by atoms with Gasteiger partial charge in [0.05, 0.1) is 17.3 Å². The summed E-state index contributed by atoms with van der Waals surface area (Å²) in [5.41, 5.74) is 8.96. The van der Waals surface area contributed by atoms with Crippen molar-refractivity contribution < 1.29 is 9.18 Å². The Labute approximate surface area is 159 Å². The van der Waals surface area contributed by atoms with Gasteiger partial charge in [0.2, 0.25) is 0 Å². The van der Waals surface area contributed by atoms with Crippen LogP contribution in [0.4, 0.5) is 4.39 Å². The Morgan fingerprint density at radius 2 is 2.21 bits per heavy atom. The quantitative estimate of drug-likeness (QED) is 0.503. The normalized spacial score (nSPS) is 19.1. The fourth-order valence-corrected chi connectivity index (χ4v) is 3.64. The van der Waals surface area contributed by atoms with Crippen molar-refractivity contribution in [3.05, 3.63) is 42.0 Å². The molecule has 3 aromatic heterocycles. The molecule has 5 rings (SSSR count). The first-order valence-electron chi connectivity index (χ1n) is 9.03. The smallest absolute Gasteiger partial charge is 0.255 e. The van der Waals surface area contributed by atoms with Gasteiger partial charge in [-0.1, -0.05) is 0 Å². The van der Waals surface area contributed by atoms with Gasteiger partial charge < -0.3 is 16.0 Å². The van der Waals surface area contributed by atoms with Gasteiger partial charge in [-0.2, -0.15) is 5.10 Å². The topological polar surface area (TPSA) is 115 Å². The number of hydrogen-bond acceptors (Lipinski definition) is 5. The van der Waals surface area contributed by atoms with Gasteiger partial charge in [0.25, 0.3) is 5.91 Å². The van der Waals surface area contributed by atoms with Crippen molar-refractivity contribution in [3.8, 4) is 11.4 Å². The van der Waals surface area contributed by atoms with E-state index in [1.807, 2.05) is 0 Å². The highest BCUT2D eigenvalue weighted by molar-refractivity contribution is 6.05. The highest BCUT2D eigenvalue weighted by atomic mass is 19.1. The van der Waals surface area contributed by atoms with Crippen LogP contribution in [0.5, 0.6) is 0 Å². The van der Waals surface area contributed by atoms with E-state index >= 15 is 0 Å². The monoisotopic (exact) mass is 379 g/mol. The van der Waals surface area contributed by atoms with Crippen molar-refractivity contribution in [2.24, 2.45) is 12.8 Å². The molecule has 28 heavy (non-hydrogen) atoms. The second-order valence-electron chi connectivity index (χ2n) is 7.19. The minimum absolute atomic E-state index is 0.0956. The lowest BCUT2D eigenvalue weighted by Gasteiger charge is -2.32. The minimum Gasteiger partial charge on any atom is -0.349 e. The predicted molar refractivity (Wildman–Crippen MR) is 102 cm³/mol. The van der Waals surface area contributed by atoms with E-state index in [0.717, 1.165) is 18.2 Å². The second-order valence-corrected chi connectivity index (χ2v) is 7.19. The Balaban J connectivity index is 1.56. The summed E-state index contributed by atoms with van der Waals surface area (Å²) in [6.45, 7) is 0. The summed E-state index contributed by atoms with van der Waals surface area (Å²) in [4.78, 5) is 24.6. The lowest BCUT2D eigenvalue weighted by Crippen LogP contribution is -2.50. The number of aromatic amines is 1. The molecule has 142 valence electrons. The van der Waals surface area contributed by atoms with Crippen molar-refractivity contribution in [1.82, 2.24) is 30.0 Å². The van der Waals surface area contributed by atoms with Gasteiger partial charge in [-0.15, -0.1) is 0 Å². The predicted octanol–water partition coefficient (Wildman–Crippen LogP) is 1.87. The van der Waals surface area contributed by atoms with Gasteiger partial charge in [-0.3, -0.25) is 9.48 Å². The van der Waals surface area contributed by atoms with Gasteiger partial charge in [0.1, 0.15) is 22.7 Å². The van der Waals surface area contributed by atoms with Gasteiger partial charge in [0.15, 0.2) is 5.65 Å². The van der Waals surface area contributed by atoms with Crippen LogP contribution in [-0.2, 0) is 7.05 Å². The number of halogens is 1. The third-order valence-electron chi connectivity index (χ3n) is 5.19. The van der Waals surface area contributed by atoms with Gasteiger partial charge in [-0.25, -0.2) is 14.4 Å². The molecule has 4 N–H and O–H groups in total. The van der Waals surface area contributed by atoms with E-state index in [2.05, 4.69) is 25.4 Å². The number of benzene rings is 1. The largest absolute Gasteiger partial charge is 0.349 e. The Kier molecular flexibility index (Phi) is 3.66. The number of nitrogens with one attached hydrogen (secondary N) is 2. The number of nitrogens with two attached hydrogens (primary N) is 1. The average molecular weight is 379 g/mol. The zero-order valence-electron chi connectivity index (χ0n) is 15.1. The Bertz CT molecular complexity index is 1220. The summed E-state index contributed by atoms with van der Waals surface area (Å²) in [6, 6.07) is 4.73. The van der Waals surface area contributed by atoms with Crippen molar-refractivity contribution >= 4 is 28.0 Å². The van der Waals surface area contributed by atoms with E-state index in [0.29, 0.717) is 33.6 Å². The van der Waals surface area contributed by atoms with Crippen LogP contribution in [0.1, 0.15) is 23.2 Å². The first-order chi connectivity index (χ1) is 13.5. The van der Waals surface area contributed by atoms with Crippen LogP contribution in [-0.4, -0.2) is 42.7 Å². The number of fused-ring (bicyclic) bond motifs is 2. The van der Waals surface area contributed by atoms with Gasteiger partial charge >= 0.3 is 0 Å². The van der Waals surface area contributed by atoms with Crippen LogP contribution in [0.3, 0.4) is 0 Å². The van der Waals surface area contributed by atoms with Crippen LogP contribution < -0.4 is 11.1 Å². The number of nitrogens with zero attached hydrogens (tertiary/aromatic N) is 4. The molecule has 0 bridgehead atoms.